The monoisotopic (exact) mass is 437 g/mol. The van der Waals surface area contributed by atoms with E-state index in [0.29, 0.717) is 18.2 Å². The molecule has 6 nitrogen and oxygen atoms in total. The highest BCUT2D eigenvalue weighted by atomic mass is 32.2. The van der Waals surface area contributed by atoms with E-state index >= 15 is 0 Å². The number of rotatable bonds is 8. The van der Waals surface area contributed by atoms with Crippen LogP contribution in [0.2, 0.25) is 0 Å². The lowest BCUT2D eigenvalue weighted by molar-refractivity contribution is -0.140. The molecule has 0 amide bonds. The molecule has 7 heteroatoms. The van der Waals surface area contributed by atoms with Gasteiger partial charge in [0.1, 0.15) is 23.7 Å². The zero-order valence-electron chi connectivity index (χ0n) is 18.0. The zero-order chi connectivity index (χ0) is 21.8. The molecule has 0 N–H and O–H groups in total. The molecule has 3 atom stereocenters. The van der Waals surface area contributed by atoms with Crippen LogP contribution in [0.25, 0.3) is 0 Å². The van der Waals surface area contributed by atoms with Crippen LogP contribution in [-0.2, 0) is 22.6 Å². The third-order valence-electron chi connectivity index (χ3n) is 5.48. The molecule has 0 spiro atoms. The van der Waals surface area contributed by atoms with Crippen molar-refractivity contribution in [2.75, 3.05) is 0 Å². The van der Waals surface area contributed by atoms with Crippen LogP contribution in [0.4, 0.5) is 0 Å². The summed E-state index contributed by atoms with van der Waals surface area (Å²) in [5, 5.41) is 9.26. The first-order valence-electron chi connectivity index (χ1n) is 10.6. The third-order valence-corrected chi connectivity index (χ3v) is 6.64. The van der Waals surface area contributed by atoms with E-state index in [1.54, 1.807) is 0 Å². The van der Waals surface area contributed by atoms with Gasteiger partial charge in [0.2, 0.25) is 0 Å². The maximum absolute atomic E-state index is 12.2. The molecule has 0 unspecified atom stereocenters. The number of benzene rings is 2. The zero-order valence-corrected chi connectivity index (χ0v) is 18.8. The smallest absolute Gasteiger partial charge is 0.319 e. The van der Waals surface area contributed by atoms with Gasteiger partial charge in [0.15, 0.2) is 11.0 Å². The summed E-state index contributed by atoms with van der Waals surface area (Å²) in [6, 6.07) is 18.3. The third kappa shape index (κ3) is 4.93. The van der Waals surface area contributed by atoms with Crippen LogP contribution in [0, 0.1) is 0 Å². The first-order chi connectivity index (χ1) is 15.0. The SMILES string of the molecule is CCc1ccc(OCc2nnc(S[C@@H]3C[C@H](C)OC3=O)n2[C@@H](C)c2ccccc2)cc1. The molecule has 1 aliphatic heterocycles. The minimum absolute atomic E-state index is 0.00499. The minimum atomic E-state index is -0.267. The maximum atomic E-state index is 12.2. The normalized spacial score (nSPS) is 19.3. The Balaban J connectivity index is 1.59. The Morgan fingerprint density at radius 2 is 1.90 bits per heavy atom. The van der Waals surface area contributed by atoms with E-state index in [4.69, 9.17) is 9.47 Å². The number of cyclic esters (lactones) is 1. The molecule has 0 aliphatic carbocycles. The van der Waals surface area contributed by atoms with Gasteiger partial charge in [0.05, 0.1) is 6.04 Å². The summed E-state index contributed by atoms with van der Waals surface area (Å²) in [5.41, 5.74) is 2.41. The summed E-state index contributed by atoms with van der Waals surface area (Å²) in [4.78, 5) is 12.2. The fraction of sp³-hybridized carbons (Fsp3) is 0.375. The molecule has 162 valence electrons. The van der Waals surface area contributed by atoms with Gasteiger partial charge in [0.25, 0.3) is 0 Å². The van der Waals surface area contributed by atoms with Crippen molar-refractivity contribution in [3.8, 4) is 5.75 Å². The van der Waals surface area contributed by atoms with E-state index in [2.05, 4.69) is 52.9 Å². The first kappa shape index (κ1) is 21.4. The summed E-state index contributed by atoms with van der Waals surface area (Å²) in [6.45, 7) is 6.45. The van der Waals surface area contributed by atoms with Gasteiger partial charge in [-0.3, -0.25) is 9.36 Å². The molecular formula is C24H27N3O3S. The molecule has 1 aliphatic rings. The van der Waals surface area contributed by atoms with Gasteiger partial charge in [-0.15, -0.1) is 10.2 Å². The van der Waals surface area contributed by atoms with E-state index in [9.17, 15) is 4.79 Å². The van der Waals surface area contributed by atoms with E-state index in [-0.39, 0.29) is 23.4 Å². The average Bonchev–Trinajstić information content (AvgIpc) is 3.34. The highest BCUT2D eigenvalue weighted by Gasteiger charge is 2.35. The number of aryl methyl sites for hydroxylation is 1. The molecule has 2 aromatic carbocycles. The predicted octanol–water partition coefficient (Wildman–Crippen LogP) is 4.82. The molecule has 1 saturated heterocycles. The van der Waals surface area contributed by atoms with Crippen molar-refractivity contribution in [3.05, 3.63) is 71.5 Å². The molecule has 1 fully saturated rings. The van der Waals surface area contributed by atoms with Crippen LogP contribution < -0.4 is 4.74 Å². The Bertz CT molecular complexity index is 1020. The van der Waals surface area contributed by atoms with Crippen LogP contribution in [0.5, 0.6) is 5.75 Å². The number of carbonyl (C=O) groups is 1. The number of nitrogens with zero attached hydrogens (tertiary/aromatic N) is 3. The molecule has 0 bridgehead atoms. The molecule has 0 saturated carbocycles. The van der Waals surface area contributed by atoms with Crippen molar-refractivity contribution >= 4 is 17.7 Å². The van der Waals surface area contributed by atoms with E-state index in [0.717, 1.165) is 23.6 Å². The topological polar surface area (TPSA) is 66.2 Å². The fourth-order valence-corrected chi connectivity index (χ4v) is 4.91. The van der Waals surface area contributed by atoms with Crippen LogP contribution in [0.15, 0.2) is 59.8 Å². The van der Waals surface area contributed by atoms with E-state index < -0.39 is 0 Å². The number of ether oxygens (including phenoxy) is 2. The minimum Gasteiger partial charge on any atom is -0.486 e. The van der Waals surface area contributed by atoms with Crippen molar-refractivity contribution in [1.29, 1.82) is 0 Å². The number of esters is 1. The summed E-state index contributed by atoms with van der Waals surface area (Å²) >= 11 is 1.42. The van der Waals surface area contributed by atoms with Crippen molar-refractivity contribution in [3.63, 3.8) is 0 Å². The lowest BCUT2D eigenvalue weighted by Crippen LogP contribution is -2.16. The average molecular weight is 438 g/mol. The predicted molar refractivity (Wildman–Crippen MR) is 120 cm³/mol. The quantitative estimate of drug-likeness (QED) is 0.471. The van der Waals surface area contributed by atoms with Crippen molar-refractivity contribution in [1.82, 2.24) is 14.8 Å². The summed E-state index contributed by atoms with van der Waals surface area (Å²) < 4.78 is 13.4. The van der Waals surface area contributed by atoms with Crippen LogP contribution in [0.3, 0.4) is 0 Å². The highest BCUT2D eigenvalue weighted by Crippen LogP contribution is 2.34. The molecule has 31 heavy (non-hydrogen) atoms. The van der Waals surface area contributed by atoms with Crippen molar-refractivity contribution in [2.24, 2.45) is 0 Å². The maximum Gasteiger partial charge on any atom is 0.319 e. The molecule has 2 heterocycles. The summed E-state index contributed by atoms with van der Waals surface area (Å²) in [7, 11) is 0. The van der Waals surface area contributed by atoms with Crippen molar-refractivity contribution in [2.45, 2.75) is 62.8 Å². The van der Waals surface area contributed by atoms with Gasteiger partial charge in [-0.1, -0.05) is 61.2 Å². The highest BCUT2D eigenvalue weighted by molar-refractivity contribution is 8.00. The Morgan fingerprint density at radius 3 is 2.55 bits per heavy atom. The number of aromatic nitrogens is 3. The van der Waals surface area contributed by atoms with Crippen molar-refractivity contribution < 1.29 is 14.3 Å². The standard InChI is InChI=1S/C24H27N3O3S/c1-4-18-10-12-20(13-11-18)29-15-22-25-26-24(31-21-14-16(2)30-23(21)28)27(22)17(3)19-8-6-5-7-9-19/h5-13,16-17,21H,4,14-15H2,1-3H3/t16-,17-,21+/m0/s1. The van der Waals surface area contributed by atoms with Gasteiger partial charge in [0, 0.05) is 6.42 Å². The van der Waals surface area contributed by atoms with Gasteiger partial charge >= 0.3 is 5.97 Å². The summed E-state index contributed by atoms with van der Waals surface area (Å²) in [6.07, 6.45) is 1.60. The van der Waals surface area contributed by atoms with E-state index in [1.807, 2.05) is 37.3 Å². The molecule has 4 rings (SSSR count). The van der Waals surface area contributed by atoms with Crippen LogP contribution in [0.1, 0.15) is 50.2 Å². The Hall–Kier alpha value is -2.80. The molecule has 1 aromatic heterocycles. The second-order valence-corrected chi connectivity index (χ2v) is 8.90. The number of thioether (sulfide) groups is 1. The van der Waals surface area contributed by atoms with Crippen LogP contribution in [-0.4, -0.2) is 32.1 Å². The Morgan fingerprint density at radius 1 is 1.16 bits per heavy atom. The van der Waals surface area contributed by atoms with Gasteiger partial charge < -0.3 is 9.47 Å². The lowest BCUT2D eigenvalue weighted by Gasteiger charge is -2.19. The van der Waals surface area contributed by atoms with Gasteiger partial charge in [-0.2, -0.15) is 0 Å². The number of hydrogen-bond donors (Lipinski definition) is 0. The van der Waals surface area contributed by atoms with Gasteiger partial charge in [-0.05, 0) is 43.5 Å². The lowest BCUT2D eigenvalue weighted by atomic mass is 10.1. The Kier molecular flexibility index (Phi) is 6.61. The first-order valence-corrected chi connectivity index (χ1v) is 11.5. The summed E-state index contributed by atoms with van der Waals surface area (Å²) in [5.74, 6) is 1.33. The molecule has 3 aromatic rings. The second-order valence-electron chi connectivity index (χ2n) is 7.73. The molecule has 0 radical (unpaired) electrons. The van der Waals surface area contributed by atoms with Crippen LogP contribution >= 0.6 is 11.8 Å². The fourth-order valence-electron chi connectivity index (χ4n) is 3.67. The second kappa shape index (κ2) is 9.56. The number of carbonyl (C=O) groups excluding carboxylic acids is 1. The molecular weight excluding hydrogens is 410 g/mol. The largest absolute Gasteiger partial charge is 0.486 e. The van der Waals surface area contributed by atoms with Gasteiger partial charge in [-0.25, -0.2) is 0 Å². The Labute approximate surface area is 187 Å². The van der Waals surface area contributed by atoms with E-state index in [1.165, 1.54) is 17.3 Å². The number of hydrogen-bond acceptors (Lipinski definition) is 6.